The van der Waals surface area contributed by atoms with E-state index in [4.69, 9.17) is 0 Å². The lowest BCUT2D eigenvalue weighted by Gasteiger charge is -2.11. The summed E-state index contributed by atoms with van der Waals surface area (Å²) in [6, 6.07) is 18.1. The van der Waals surface area contributed by atoms with Crippen LogP contribution in [0.25, 0.3) is 22.5 Å². The van der Waals surface area contributed by atoms with Crippen LogP contribution in [0.2, 0.25) is 0 Å². The van der Waals surface area contributed by atoms with Gasteiger partial charge >= 0.3 is 0 Å². The normalized spacial score (nSPS) is 10.5. The Labute approximate surface area is 181 Å². The molecule has 0 bridgehead atoms. The van der Waals surface area contributed by atoms with E-state index in [0.717, 1.165) is 0 Å². The van der Waals surface area contributed by atoms with Gasteiger partial charge in [-0.25, -0.2) is 0 Å². The van der Waals surface area contributed by atoms with Crippen LogP contribution in [0.5, 0.6) is 0 Å². The minimum Gasteiger partial charge on any atom is -0.288 e. The number of hydrogen-bond donors (Lipinski definition) is 0. The SMILES string of the molecule is O=C(c1cccnc1-c1ccc([N+](=O)[O-])cc1)c1cccnc1-c1ccc([N+](=O)[O-])cc1. The Kier molecular flexibility index (Phi) is 5.45. The van der Waals surface area contributed by atoms with Gasteiger partial charge in [-0.1, -0.05) is 0 Å². The molecule has 0 spiro atoms. The molecular weight excluding hydrogens is 412 g/mol. The summed E-state index contributed by atoms with van der Waals surface area (Å²) in [5.41, 5.74) is 2.35. The van der Waals surface area contributed by atoms with Crippen LogP contribution in [-0.2, 0) is 0 Å². The maximum atomic E-state index is 13.5. The minimum atomic E-state index is -0.500. The Morgan fingerprint density at radius 3 is 1.34 bits per heavy atom. The summed E-state index contributed by atoms with van der Waals surface area (Å²) in [5.74, 6) is -0.340. The molecule has 0 aliphatic heterocycles. The van der Waals surface area contributed by atoms with E-state index in [1.165, 1.54) is 60.9 Å². The molecule has 32 heavy (non-hydrogen) atoms. The van der Waals surface area contributed by atoms with E-state index < -0.39 is 9.85 Å². The number of non-ortho nitro benzene ring substituents is 2. The van der Waals surface area contributed by atoms with Crippen LogP contribution in [0, 0.1) is 20.2 Å². The molecule has 2 aromatic carbocycles. The van der Waals surface area contributed by atoms with Crippen molar-refractivity contribution >= 4 is 17.2 Å². The molecule has 2 heterocycles. The van der Waals surface area contributed by atoms with Crippen LogP contribution >= 0.6 is 0 Å². The maximum Gasteiger partial charge on any atom is 0.269 e. The molecule has 0 amide bonds. The smallest absolute Gasteiger partial charge is 0.269 e. The molecular formula is C23H14N4O5. The lowest BCUT2D eigenvalue weighted by molar-refractivity contribution is -0.385. The van der Waals surface area contributed by atoms with Crippen molar-refractivity contribution in [1.82, 2.24) is 9.97 Å². The Hall–Kier alpha value is -4.79. The first-order chi connectivity index (χ1) is 15.5. The highest BCUT2D eigenvalue weighted by atomic mass is 16.6. The molecule has 0 fully saturated rings. The number of hydrogen-bond acceptors (Lipinski definition) is 7. The zero-order chi connectivity index (χ0) is 22.7. The maximum absolute atomic E-state index is 13.5. The molecule has 9 nitrogen and oxygen atoms in total. The molecule has 0 saturated heterocycles. The van der Waals surface area contributed by atoms with Crippen molar-refractivity contribution in [2.24, 2.45) is 0 Å². The van der Waals surface area contributed by atoms with Crippen molar-refractivity contribution < 1.29 is 14.6 Å². The summed E-state index contributed by atoms with van der Waals surface area (Å²) < 4.78 is 0. The highest BCUT2D eigenvalue weighted by Crippen LogP contribution is 2.29. The van der Waals surface area contributed by atoms with Crippen molar-refractivity contribution in [1.29, 1.82) is 0 Å². The number of carbonyl (C=O) groups excluding carboxylic acids is 1. The van der Waals surface area contributed by atoms with Crippen LogP contribution in [0.4, 0.5) is 11.4 Å². The first kappa shape index (κ1) is 20.5. The predicted molar refractivity (Wildman–Crippen MR) is 116 cm³/mol. The van der Waals surface area contributed by atoms with E-state index in [0.29, 0.717) is 33.6 Å². The number of carbonyl (C=O) groups is 1. The third kappa shape index (κ3) is 3.94. The van der Waals surface area contributed by atoms with Crippen LogP contribution in [0.1, 0.15) is 15.9 Å². The highest BCUT2D eigenvalue weighted by Gasteiger charge is 2.21. The van der Waals surface area contributed by atoms with Crippen LogP contribution in [0.3, 0.4) is 0 Å². The molecule has 0 unspecified atom stereocenters. The summed E-state index contributed by atoms with van der Waals surface area (Å²) in [7, 11) is 0. The zero-order valence-electron chi connectivity index (χ0n) is 16.4. The predicted octanol–water partition coefficient (Wildman–Crippen LogP) is 4.86. The molecule has 4 aromatic rings. The fourth-order valence-corrected chi connectivity index (χ4v) is 3.26. The van der Waals surface area contributed by atoms with Gasteiger partial charge in [-0.05, 0) is 48.5 Å². The van der Waals surface area contributed by atoms with Gasteiger partial charge in [0.15, 0.2) is 5.78 Å². The van der Waals surface area contributed by atoms with Gasteiger partial charge < -0.3 is 0 Å². The van der Waals surface area contributed by atoms with E-state index in [1.807, 2.05) is 0 Å². The standard InChI is InChI=1S/C23H14N4O5/c28-23(19-3-1-13-24-21(19)15-5-9-17(10-6-15)26(29)30)20-4-2-14-25-22(20)16-7-11-18(12-8-16)27(31)32/h1-14H. The molecule has 0 atom stereocenters. The third-order valence-corrected chi connectivity index (χ3v) is 4.81. The zero-order valence-corrected chi connectivity index (χ0v) is 16.4. The van der Waals surface area contributed by atoms with Gasteiger partial charge in [0.25, 0.3) is 11.4 Å². The molecule has 4 rings (SSSR count). The first-order valence-corrected chi connectivity index (χ1v) is 9.40. The number of benzene rings is 2. The van der Waals surface area contributed by atoms with E-state index >= 15 is 0 Å². The number of aromatic nitrogens is 2. The second-order valence-electron chi connectivity index (χ2n) is 6.74. The Balaban J connectivity index is 1.77. The Bertz CT molecular complexity index is 1230. The quantitative estimate of drug-likeness (QED) is 0.244. The van der Waals surface area contributed by atoms with Gasteiger partial charge in [0.2, 0.25) is 0 Å². The fraction of sp³-hybridized carbons (Fsp3) is 0. The van der Waals surface area contributed by atoms with Gasteiger partial charge in [-0.2, -0.15) is 0 Å². The minimum absolute atomic E-state index is 0.0646. The second-order valence-corrected chi connectivity index (χ2v) is 6.74. The fourth-order valence-electron chi connectivity index (χ4n) is 3.26. The Morgan fingerprint density at radius 1 is 0.625 bits per heavy atom. The molecule has 2 aromatic heterocycles. The monoisotopic (exact) mass is 426 g/mol. The average molecular weight is 426 g/mol. The molecule has 9 heteroatoms. The van der Waals surface area contributed by atoms with Crippen LogP contribution in [-0.4, -0.2) is 25.6 Å². The second kappa shape index (κ2) is 8.52. The Morgan fingerprint density at radius 2 is 1.00 bits per heavy atom. The van der Waals surface area contributed by atoms with Gasteiger partial charge in [-0.15, -0.1) is 0 Å². The first-order valence-electron chi connectivity index (χ1n) is 9.40. The summed E-state index contributed by atoms with van der Waals surface area (Å²) >= 11 is 0. The molecule has 156 valence electrons. The van der Waals surface area contributed by atoms with Gasteiger partial charge in [0.05, 0.1) is 21.2 Å². The van der Waals surface area contributed by atoms with E-state index in [1.54, 1.807) is 24.3 Å². The van der Waals surface area contributed by atoms with Crippen molar-refractivity contribution in [2.75, 3.05) is 0 Å². The number of nitro benzene ring substituents is 2. The van der Waals surface area contributed by atoms with Gasteiger partial charge in [0.1, 0.15) is 0 Å². The average Bonchev–Trinajstić information content (AvgIpc) is 2.83. The number of pyridine rings is 2. The van der Waals surface area contributed by atoms with Gasteiger partial charge in [-0.3, -0.25) is 35.0 Å². The van der Waals surface area contributed by atoms with E-state index in [9.17, 15) is 25.0 Å². The molecule has 0 N–H and O–H groups in total. The summed E-state index contributed by atoms with van der Waals surface area (Å²) in [5, 5.41) is 21.9. The summed E-state index contributed by atoms with van der Waals surface area (Å²) in [4.78, 5) is 43.0. The topological polar surface area (TPSA) is 129 Å². The van der Waals surface area contributed by atoms with Gasteiger partial charge in [0, 0.05) is 58.9 Å². The van der Waals surface area contributed by atoms with E-state index in [2.05, 4.69) is 9.97 Å². The number of nitro groups is 2. The molecule has 0 aliphatic rings. The van der Waals surface area contributed by atoms with E-state index in [-0.39, 0.29) is 17.2 Å². The molecule has 0 saturated carbocycles. The third-order valence-electron chi connectivity index (χ3n) is 4.81. The lowest BCUT2D eigenvalue weighted by atomic mass is 9.95. The summed E-state index contributed by atoms with van der Waals surface area (Å²) in [6.07, 6.45) is 3.07. The highest BCUT2D eigenvalue weighted by molar-refractivity contribution is 6.15. The largest absolute Gasteiger partial charge is 0.288 e. The molecule has 0 aliphatic carbocycles. The molecule has 0 radical (unpaired) electrons. The number of rotatable bonds is 6. The van der Waals surface area contributed by atoms with Crippen molar-refractivity contribution in [3.8, 4) is 22.5 Å². The summed E-state index contributed by atoms with van der Waals surface area (Å²) in [6.45, 7) is 0. The van der Waals surface area contributed by atoms with Crippen LogP contribution in [0.15, 0.2) is 85.2 Å². The van der Waals surface area contributed by atoms with Crippen LogP contribution < -0.4 is 0 Å². The van der Waals surface area contributed by atoms with Crippen molar-refractivity contribution in [3.63, 3.8) is 0 Å². The number of ketones is 1. The number of nitrogens with zero attached hydrogens (tertiary/aromatic N) is 4. The lowest BCUT2D eigenvalue weighted by Crippen LogP contribution is -2.07. The van der Waals surface area contributed by atoms with Crippen molar-refractivity contribution in [2.45, 2.75) is 0 Å². The van der Waals surface area contributed by atoms with Crippen molar-refractivity contribution in [3.05, 3.63) is 117 Å².